The summed E-state index contributed by atoms with van der Waals surface area (Å²) >= 11 is 0. The number of nitrogens with zero attached hydrogens (tertiary/aromatic N) is 1. The van der Waals surface area contributed by atoms with E-state index in [1.165, 1.54) is 10.4 Å². The third kappa shape index (κ3) is 3.39. The second-order valence-electron chi connectivity index (χ2n) is 6.74. The summed E-state index contributed by atoms with van der Waals surface area (Å²) in [4.78, 5) is 12.3. The molecule has 28 heavy (non-hydrogen) atoms. The van der Waals surface area contributed by atoms with Crippen LogP contribution in [0, 0.1) is 5.82 Å². The molecule has 144 valence electrons. The number of hydrogen-bond acceptors (Lipinski definition) is 3. The highest BCUT2D eigenvalue weighted by molar-refractivity contribution is 7.89. The summed E-state index contributed by atoms with van der Waals surface area (Å²) in [5, 5.41) is 4.63. The average Bonchev–Trinajstić information content (AvgIpc) is 3.24. The molecule has 0 unspecified atom stereocenters. The van der Waals surface area contributed by atoms with Crippen molar-refractivity contribution in [3.63, 3.8) is 0 Å². The fourth-order valence-corrected chi connectivity index (χ4v) is 5.05. The van der Waals surface area contributed by atoms with Crippen molar-refractivity contribution in [1.82, 2.24) is 4.31 Å². The smallest absolute Gasteiger partial charge is 0.255 e. The van der Waals surface area contributed by atoms with Crippen molar-refractivity contribution in [2.24, 2.45) is 0 Å². The topological polar surface area (TPSA) is 66.5 Å². The van der Waals surface area contributed by atoms with Gasteiger partial charge in [0, 0.05) is 29.7 Å². The van der Waals surface area contributed by atoms with Gasteiger partial charge in [-0.05, 0) is 42.5 Å². The Labute approximate surface area is 162 Å². The molecular formula is C21H19FN2O3S. The molecule has 0 spiro atoms. The van der Waals surface area contributed by atoms with E-state index in [0.29, 0.717) is 18.8 Å². The first-order valence-electron chi connectivity index (χ1n) is 9.05. The van der Waals surface area contributed by atoms with E-state index in [1.807, 2.05) is 36.4 Å². The first-order chi connectivity index (χ1) is 13.5. The zero-order valence-corrected chi connectivity index (χ0v) is 15.9. The molecule has 7 heteroatoms. The minimum Gasteiger partial charge on any atom is -0.321 e. The van der Waals surface area contributed by atoms with Crippen LogP contribution in [0.4, 0.5) is 10.1 Å². The lowest BCUT2D eigenvalue weighted by Crippen LogP contribution is -2.29. The molecule has 0 saturated carbocycles. The molecule has 0 aliphatic carbocycles. The highest BCUT2D eigenvalue weighted by atomic mass is 32.2. The summed E-state index contributed by atoms with van der Waals surface area (Å²) in [5.74, 6) is -1.34. The number of benzene rings is 3. The van der Waals surface area contributed by atoms with E-state index in [2.05, 4.69) is 5.32 Å². The van der Waals surface area contributed by atoms with Gasteiger partial charge in [0.2, 0.25) is 10.0 Å². The predicted octanol–water partition coefficient (Wildman–Crippen LogP) is 4.02. The quantitative estimate of drug-likeness (QED) is 0.722. The zero-order valence-electron chi connectivity index (χ0n) is 15.1. The number of carbonyl (C=O) groups excluding carboxylic acids is 1. The van der Waals surface area contributed by atoms with Crippen molar-refractivity contribution < 1.29 is 17.6 Å². The first-order valence-corrected chi connectivity index (χ1v) is 10.5. The van der Waals surface area contributed by atoms with Crippen LogP contribution in [-0.2, 0) is 10.0 Å². The van der Waals surface area contributed by atoms with Gasteiger partial charge in [-0.25, -0.2) is 12.8 Å². The molecule has 1 N–H and O–H groups in total. The summed E-state index contributed by atoms with van der Waals surface area (Å²) in [6.07, 6.45) is 1.50. The van der Waals surface area contributed by atoms with Gasteiger partial charge in [0.05, 0.1) is 0 Å². The van der Waals surface area contributed by atoms with Crippen molar-refractivity contribution >= 4 is 32.4 Å². The molecule has 4 rings (SSSR count). The van der Waals surface area contributed by atoms with E-state index in [-0.39, 0.29) is 5.56 Å². The fraction of sp³-hybridized carbons (Fsp3) is 0.190. The van der Waals surface area contributed by atoms with Crippen LogP contribution in [0.15, 0.2) is 65.6 Å². The van der Waals surface area contributed by atoms with E-state index in [9.17, 15) is 17.6 Å². The lowest BCUT2D eigenvalue weighted by molar-refractivity contribution is 0.102. The Morgan fingerprint density at radius 3 is 2.46 bits per heavy atom. The second-order valence-corrected chi connectivity index (χ2v) is 8.64. The van der Waals surface area contributed by atoms with Gasteiger partial charge >= 0.3 is 0 Å². The standard InChI is InChI=1S/C21H19FN2O3S/c22-18-11-10-16(14-20(18)28(26,27)24-12-3-4-13-24)21(25)23-19-9-5-7-15-6-1-2-8-17(15)19/h1-2,5-11,14H,3-4,12-13H2,(H,23,25). The predicted molar refractivity (Wildman–Crippen MR) is 106 cm³/mol. The van der Waals surface area contributed by atoms with E-state index < -0.39 is 26.6 Å². The average molecular weight is 398 g/mol. The molecule has 1 aliphatic heterocycles. The highest BCUT2D eigenvalue weighted by Gasteiger charge is 2.30. The number of sulfonamides is 1. The maximum Gasteiger partial charge on any atom is 0.255 e. The van der Waals surface area contributed by atoms with Gasteiger partial charge < -0.3 is 5.32 Å². The monoisotopic (exact) mass is 398 g/mol. The van der Waals surface area contributed by atoms with E-state index >= 15 is 0 Å². The summed E-state index contributed by atoms with van der Waals surface area (Å²) in [6, 6.07) is 16.6. The van der Waals surface area contributed by atoms with Gasteiger partial charge in [-0.3, -0.25) is 4.79 Å². The maximum atomic E-state index is 14.3. The Morgan fingerprint density at radius 1 is 0.964 bits per heavy atom. The molecule has 1 amide bonds. The molecular weight excluding hydrogens is 379 g/mol. The van der Waals surface area contributed by atoms with Gasteiger partial charge in [-0.1, -0.05) is 36.4 Å². The van der Waals surface area contributed by atoms with Gasteiger partial charge in [-0.15, -0.1) is 0 Å². The number of anilines is 1. The molecule has 1 aliphatic rings. The fourth-order valence-electron chi connectivity index (χ4n) is 3.44. The van der Waals surface area contributed by atoms with Gasteiger partial charge in [0.1, 0.15) is 10.7 Å². The van der Waals surface area contributed by atoms with E-state index in [4.69, 9.17) is 0 Å². The van der Waals surface area contributed by atoms with Crippen molar-refractivity contribution in [2.75, 3.05) is 18.4 Å². The Bertz CT molecular complexity index is 1150. The molecule has 1 saturated heterocycles. The van der Waals surface area contributed by atoms with Crippen LogP contribution < -0.4 is 5.32 Å². The molecule has 0 bridgehead atoms. The zero-order chi connectivity index (χ0) is 19.7. The van der Waals surface area contributed by atoms with Crippen LogP contribution >= 0.6 is 0 Å². The third-order valence-corrected chi connectivity index (χ3v) is 6.83. The minimum absolute atomic E-state index is 0.0899. The third-order valence-electron chi connectivity index (χ3n) is 4.91. The summed E-state index contributed by atoms with van der Waals surface area (Å²) in [6.45, 7) is 0.738. The number of hydrogen-bond donors (Lipinski definition) is 1. The lowest BCUT2D eigenvalue weighted by atomic mass is 10.1. The molecule has 5 nitrogen and oxygen atoms in total. The Morgan fingerprint density at radius 2 is 1.68 bits per heavy atom. The maximum absolute atomic E-state index is 14.3. The number of fused-ring (bicyclic) bond motifs is 1. The number of amides is 1. The van der Waals surface area contributed by atoms with Crippen LogP contribution in [0.3, 0.4) is 0 Å². The van der Waals surface area contributed by atoms with Crippen LogP contribution in [0.1, 0.15) is 23.2 Å². The normalized spacial score (nSPS) is 15.0. The molecule has 0 aromatic heterocycles. The van der Waals surface area contributed by atoms with E-state index in [0.717, 1.165) is 35.7 Å². The Hall–Kier alpha value is -2.77. The Balaban J connectivity index is 1.67. The first kappa shape index (κ1) is 18.6. The second kappa shape index (κ2) is 7.33. The van der Waals surface area contributed by atoms with E-state index in [1.54, 1.807) is 6.07 Å². The molecule has 1 fully saturated rings. The minimum atomic E-state index is -3.95. The van der Waals surface area contributed by atoms with Gasteiger partial charge in [-0.2, -0.15) is 4.31 Å². The van der Waals surface area contributed by atoms with Crippen molar-refractivity contribution in [3.8, 4) is 0 Å². The van der Waals surface area contributed by atoms with Gasteiger partial charge in [0.25, 0.3) is 5.91 Å². The van der Waals surface area contributed by atoms with Crippen LogP contribution in [0.5, 0.6) is 0 Å². The van der Waals surface area contributed by atoms with Crippen LogP contribution in [-0.4, -0.2) is 31.7 Å². The SMILES string of the molecule is O=C(Nc1cccc2ccccc12)c1ccc(F)c(S(=O)(=O)N2CCCC2)c1. The molecule has 3 aromatic rings. The van der Waals surface area contributed by atoms with Crippen LogP contribution in [0.25, 0.3) is 10.8 Å². The number of halogens is 1. The highest BCUT2D eigenvalue weighted by Crippen LogP contribution is 2.26. The van der Waals surface area contributed by atoms with Crippen molar-refractivity contribution in [1.29, 1.82) is 0 Å². The lowest BCUT2D eigenvalue weighted by Gasteiger charge is -2.16. The molecule has 0 atom stereocenters. The molecule has 3 aromatic carbocycles. The largest absolute Gasteiger partial charge is 0.321 e. The Kier molecular flexibility index (Phi) is 4.87. The summed E-state index contributed by atoms with van der Waals surface area (Å²) in [5.41, 5.74) is 0.698. The molecule has 0 radical (unpaired) electrons. The number of nitrogens with one attached hydrogen (secondary N) is 1. The van der Waals surface area contributed by atoms with Gasteiger partial charge in [0.15, 0.2) is 0 Å². The van der Waals surface area contributed by atoms with Crippen molar-refractivity contribution in [2.45, 2.75) is 17.7 Å². The van der Waals surface area contributed by atoms with Crippen LogP contribution in [0.2, 0.25) is 0 Å². The van der Waals surface area contributed by atoms with Crippen molar-refractivity contribution in [3.05, 3.63) is 72.0 Å². The molecule has 1 heterocycles. The number of carbonyl (C=O) groups is 1. The number of rotatable bonds is 4. The summed E-state index contributed by atoms with van der Waals surface area (Å²) in [7, 11) is -3.95. The summed E-state index contributed by atoms with van der Waals surface area (Å²) < 4.78 is 41.0.